The summed E-state index contributed by atoms with van der Waals surface area (Å²) in [6.07, 6.45) is 6.14. The number of hydrogen-bond acceptors (Lipinski definition) is 4. The van der Waals surface area contributed by atoms with Crippen molar-refractivity contribution >= 4 is 5.78 Å². The summed E-state index contributed by atoms with van der Waals surface area (Å²) in [4.78, 5) is 12.5. The molecule has 2 N–H and O–H groups in total. The Hall–Kier alpha value is -0.450. The van der Waals surface area contributed by atoms with E-state index >= 15 is 0 Å². The van der Waals surface area contributed by atoms with E-state index in [4.69, 9.17) is 4.74 Å². The van der Waals surface area contributed by atoms with Gasteiger partial charge in [-0.2, -0.15) is 0 Å². The minimum absolute atomic E-state index is 0.0373. The number of aliphatic hydroxyl groups is 2. The van der Waals surface area contributed by atoms with Gasteiger partial charge in [0.2, 0.25) is 0 Å². The Morgan fingerprint density at radius 1 is 1.08 bits per heavy atom. The van der Waals surface area contributed by atoms with Crippen molar-refractivity contribution in [1.82, 2.24) is 0 Å². The fourth-order valence-corrected chi connectivity index (χ4v) is 8.72. The van der Waals surface area contributed by atoms with Crippen LogP contribution < -0.4 is 0 Å². The molecule has 5 aliphatic rings. The van der Waals surface area contributed by atoms with Crippen LogP contribution in [0.4, 0.5) is 0 Å². The third-order valence-electron chi connectivity index (χ3n) is 10.2. The lowest BCUT2D eigenvalue weighted by molar-refractivity contribution is -0.247. The van der Waals surface area contributed by atoms with Crippen LogP contribution in [0.25, 0.3) is 0 Å². The molecule has 10 atom stereocenters. The first kappa shape index (κ1) is 17.6. The van der Waals surface area contributed by atoms with E-state index in [1.165, 1.54) is 0 Å². The van der Waals surface area contributed by atoms with E-state index in [1.54, 1.807) is 6.92 Å². The summed E-state index contributed by atoms with van der Waals surface area (Å²) < 4.78 is 6.01. The molecule has 0 unspecified atom stereocenters. The van der Waals surface area contributed by atoms with Crippen molar-refractivity contribution in [3.05, 3.63) is 0 Å². The minimum Gasteiger partial charge on any atom is -0.393 e. The first-order chi connectivity index (χ1) is 12.1. The summed E-state index contributed by atoms with van der Waals surface area (Å²) >= 11 is 0. The molecule has 5 rings (SSSR count). The Balaban J connectivity index is 1.53. The van der Waals surface area contributed by atoms with Crippen LogP contribution in [0.2, 0.25) is 0 Å². The zero-order valence-corrected chi connectivity index (χ0v) is 16.6. The molecule has 0 aromatic rings. The van der Waals surface area contributed by atoms with E-state index in [0.29, 0.717) is 24.2 Å². The predicted octanol–water partition coefficient (Wildman–Crippen LogP) is 3.09. The predicted molar refractivity (Wildman–Crippen MR) is 97.4 cm³/mol. The van der Waals surface area contributed by atoms with Gasteiger partial charge in [0.25, 0.3) is 0 Å². The van der Waals surface area contributed by atoms with E-state index in [2.05, 4.69) is 20.8 Å². The van der Waals surface area contributed by atoms with E-state index in [-0.39, 0.29) is 34.7 Å². The molecule has 0 bridgehead atoms. The zero-order valence-electron chi connectivity index (χ0n) is 16.6. The van der Waals surface area contributed by atoms with Crippen LogP contribution in [0.1, 0.15) is 72.6 Å². The molecule has 0 spiro atoms. The van der Waals surface area contributed by atoms with Crippen molar-refractivity contribution in [3.8, 4) is 0 Å². The van der Waals surface area contributed by atoms with Crippen molar-refractivity contribution in [1.29, 1.82) is 0 Å². The summed E-state index contributed by atoms with van der Waals surface area (Å²) in [5, 5.41) is 21.9. The molecule has 1 saturated heterocycles. The molecule has 0 aromatic carbocycles. The first-order valence-electron chi connectivity index (χ1n) is 10.7. The molecule has 4 nitrogen and oxygen atoms in total. The Labute approximate surface area is 156 Å². The van der Waals surface area contributed by atoms with E-state index in [1.807, 2.05) is 0 Å². The summed E-state index contributed by atoms with van der Waals surface area (Å²) in [7, 11) is 0. The monoisotopic (exact) mass is 362 g/mol. The van der Waals surface area contributed by atoms with Crippen molar-refractivity contribution in [2.75, 3.05) is 0 Å². The standard InChI is InChI=1S/C22H34O4/c1-12-9-15-16(19(3)7-5-14(24)11-21(12,19)25)6-8-20(4)17(15)10-18-22(20,26-18)13(2)23/h12,14-18,24-25H,5-11H2,1-4H3/t12-,14+,15+,16-,17-,18-,19+,20-,21-,22-/m0/s1. The molecule has 4 aliphatic carbocycles. The van der Waals surface area contributed by atoms with Gasteiger partial charge >= 0.3 is 0 Å². The molecule has 5 fully saturated rings. The number of hydrogen-bond donors (Lipinski definition) is 2. The largest absolute Gasteiger partial charge is 0.393 e. The molecular weight excluding hydrogens is 328 g/mol. The van der Waals surface area contributed by atoms with Gasteiger partial charge in [0.1, 0.15) is 0 Å². The van der Waals surface area contributed by atoms with Crippen LogP contribution in [0.15, 0.2) is 0 Å². The number of epoxide rings is 1. The highest BCUT2D eigenvalue weighted by Gasteiger charge is 2.80. The number of rotatable bonds is 1. The Kier molecular flexibility index (Phi) is 3.34. The molecule has 0 amide bonds. The maximum Gasteiger partial charge on any atom is 0.164 e. The minimum atomic E-state index is -0.754. The zero-order chi connectivity index (χ0) is 18.7. The van der Waals surface area contributed by atoms with Crippen LogP contribution in [-0.2, 0) is 9.53 Å². The van der Waals surface area contributed by atoms with E-state index in [0.717, 1.165) is 38.5 Å². The number of aliphatic hydroxyl groups excluding tert-OH is 1. The maximum atomic E-state index is 12.5. The Bertz CT molecular complexity index is 663. The Morgan fingerprint density at radius 3 is 2.46 bits per heavy atom. The third kappa shape index (κ3) is 1.72. The lowest BCUT2D eigenvalue weighted by atomic mass is 9.41. The van der Waals surface area contributed by atoms with E-state index in [9.17, 15) is 15.0 Å². The van der Waals surface area contributed by atoms with Crippen molar-refractivity contribution in [2.24, 2.45) is 34.5 Å². The summed E-state index contributed by atoms with van der Waals surface area (Å²) in [6, 6.07) is 0. The average Bonchev–Trinajstić information content (AvgIpc) is 3.24. The number of carbonyl (C=O) groups is 1. The van der Waals surface area contributed by atoms with Crippen molar-refractivity contribution in [2.45, 2.75) is 96.1 Å². The normalized spacial score (nSPS) is 63.3. The fourth-order valence-electron chi connectivity index (χ4n) is 8.72. The summed E-state index contributed by atoms with van der Waals surface area (Å²) in [5.74, 6) is 2.00. The highest BCUT2D eigenvalue weighted by atomic mass is 16.6. The number of fused-ring (bicyclic) bond motifs is 7. The van der Waals surface area contributed by atoms with E-state index < -0.39 is 11.2 Å². The molecule has 0 radical (unpaired) electrons. The lowest BCUT2D eigenvalue weighted by Crippen LogP contribution is -2.66. The molecule has 4 heteroatoms. The van der Waals surface area contributed by atoms with Crippen molar-refractivity contribution < 1.29 is 19.7 Å². The lowest BCUT2D eigenvalue weighted by Gasteiger charge is -2.66. The molecular formula is C22H34O4. The van der Waals surface area contributed by atoms with Gasteiger partial charge in [-0.25, -0.2) is 0 Å². The smallest absolute Gasteiger partial charge is 0.164 e. The highest BCUT2D eigenvalue weighted by molar-refractivity contribution is 5.90. The van der Waals surface area contributed by atoms with Crippen LogP contribution in [0, 0.1) is 34.5 Å². The van der Waals surface area contributed by atoms with Gasteiger partial charge in [0.05, 0.1) is 17.8 Å². The molecule has 1 aliphatic heterocycles. The molecule has 0 aromatic heterocycles. The Morgan fingerprint density at radius 2 is 1.77 bits per heavy atom. The number of Topliss-reactive ketones (excluding diaryl/α,β-unsaturated/α-hetero) is 1. The summed E-state index contributed by atoms with van der Waals surface area (Å²) in [5.41, 5.74) is -1.42. The average molecular weight is 363 g/mol. The van der Waals surface area contributed by atoms with Crippen molar-refractivity contribution in [3.63, 3.8) is 0 Å². The number of ether oxygens (including phenoxy) is 1. The first-order valence-corrected chi connectivity index (χ1v) is 10.7. The number of carbonyl (C=O) groups excluding carboxylic acids is 1. The van der Waals surface area contributed by atoms with Gasteiger partial charge < -0.3 is 14.9 Å². The molecule has 26 heavy (non-hydrogen) atoms. The molecule has 4 saturated carbocycles. The van der Waals surface area contributed by atoms with Crippen LogP contribution in [0.3, 0.4) is 0 Å². The highest BCUT2D eigenvalue weighted by Crippen LogP contribution is 2.74. The van der Waals surface area contributed by atoms with Gasteiger partial charge in [-0.3, -0.25) is 4.79 Å². The SMILES string of the molecule is CC(=O)[C@]12O[C@H]1C[C@H]1[C@@H]3C[C@H](C)[C@@]4(O)C[C@H](O)CC[C@]4(C)[C@H]3CC[C@@]12C. The van der Waals surface area contributed by atoms with Crippen LogP contribution in [0.5, 0.6) is 0 Å². The van der Waals surface area contributed by atoms with Gasteiger partial charge in [0.15, 0.2) is 11.4 Å². The van der Waals surface area contributed by atoms with Gasteiger partial charge in [-0.05, 0) is 74.5 Å². The van der Waals surface area contributed by atoms with Gasteiger partial charge in [-0.1, -0.05) is 20.8 Å². The fraction of sp³-hybridized carbons (Fsp3) is 0.955. The van der Waals surface area contributed by atoms with Crippen LogP contribution in [-0.4, -0.2) is 39.4 Å². The van der Waals surface area contributed by atoms with Gasteiger partial charge in [-0.15, -0.1) is 0 Å². The van der Waals surface area contributed by atoms with Gasteiger partial charge in [0, 0.05) is 11.8 Å². The second-order valence-corrected chi connectivity index (χ2v) is 10.8. The molecule has 1 heterocycles. The second kappa shape index (κ2) is 4.93. The second-order valence-electron chi connectivity index (χ2n) is 10.8. The summed E-state index contributed by atoms with van der Waals surface area (Å²) in [6.45, 7) is 8.50. The maximum absolute atomic E-state index is 12.5. The third-order valence-corrected chi connectivity index (χ3v) is 10.2. The quantitative estimate of drug-likeness (QED) is 0.703. The topological polar surface area (TPSA) is 70.1 Å². The number of ketones is 1. The molecule has 146 valence electrons. The van der Waals surface area contributed by atoms with Crippen LogP contribution >= 0.6 is 0 Å².